The molecule has 0 saturated carbocycles. The van der Waals surface area contributed by atoms with E-state index in [0.717, 1.165) is 0 Å². The number of hydrogen-bond acceptors (Lipinski definition) is 5. The number of aliphatic imine (C=N–C) groups is 1. The lowest BCUT2D eigenvalue weighted by atomic mass is 9.71. The zero-order valence-corrected chi connectivity index (χ0v) is 21.0. The Morgan fingerprint density at radius 2 is 1.59 bits per heavy atom. The number of hydrogen-bond donors (Lipinski definition) is 3. The molecule has 0 aliphatic carbocycles. The first-order valence-corrected chi connectivity index (χ1v) is 12.4. The number of nitrogens with one attached hydrogen (secondary N) is 1. The van der Waals surface area contributed by atoms with Crippen LogP contribution in [0.25, 0.3) is 0 Å². The van der Waals surface area contributed by atoms with Gasteiger partial charge in [0, 0.05) is 12.0 Å². The second kappa shape index (κ2) is 10.9. The lowest BCUT2D eigenvalue weighted by molar-refractivity contribution is -0.132. The van der Waals surface area contributed by atoms with Crippen LogP contribution in [0.2, 0.25) is 0 Å². The highest BCUT2D eigenvalue weighted by Crippen LogP contribution is 2.50. The van der Waals surface area contributed by atoms with Crippen LogP contribution >= 0.6 is 0 Å². The summed E-state index contributed by atoms with van der Waals surface area (Å²) in [5.41, 5.74) is 13.9. The molecular weight excluding hydrogens is 495 g/mol. The summed E-state index contributed by atoms with van der Waals surface area (Å²) in [6.45, 7) is 0.0325. The zero-order valence-electron chi connectivity index (χ0n) is 21.0. The van der Waals surface area contributed by atoms with Crippen molar-refractivity contribution < 1.29 is 18.7 Å². The Morgan fingerprint density at radius 3 is 2.31 bits per heavy atom. The highest BCUT2D eigenvalue weighted by molar-refractivity contribution is 6.39. The van der Waals surface area contributed by atoms with Crippen molar-refractivity contribution in [2.75, 3.05) is 11.1 Å². The summed E-state index contributed by atoms with van der Waals surface area (Å²) >= 11 is 0. The second-order valence-electron chi connectivity index (χ2n) is 9.34. The quantitative estimate of drug-likeness (QED) is 0.275. The molecule has 1 heterocycles. The Balaban J connectivity index is 1.69. The first-order chi connectivity index (χ1) is 18.9. The molecular formula is C31H27FN4O3. The predicted molar refractivity (Wildman–Crippen MR) is 149 cm³/mol. The number of amides is 2. The number of nitrogens with two attached hydrogens (primary N) is 2. The molecule has 0 bridgehead atoms. The number of rotatable bonds is 8. The Bertz CT molecular complexity index is 1540. The molecule has 2 atom stereocenters. The SMILES string of the molecule is NC(=O)C1=Nc2ccccc2C(OCc2ccc(F)cc2)(C(C(=O)Nc2ccccc2N)c2ccccc2)C1. The van der Waals surface area contributed by atoms with E-state index >= 15 is 0 Å². The third-order valence-electron chi connectivity index (χ3n) is 6.82. The molecule has 8 heteroatoms. The number of nitrogens with zero attached hydrogens (tertiary/aromatic N) is 1. The standard InChI is InChI=1S/C31H27FN4O3/c32-22-16-14-20(15-17-22)19-39-31(18-27(29(34)37)35-25-12-6-4-10-23(25)31)28(21-8-2-1-3-9-21)30(38)36-26-13-7-5-11-24(26)33/h1-17,28H,18-19,33H2,(H2,34,37)(H,36,38). The molecule has 2 unspecified atom stereocenters. The average molecular weight is 523 g/mol. The van der Waals surface area contributed by atoms with E-state index < -0.39 is 23.3 Å². The number of anilines is 2. The molecule has 1 aliphatic rings. The Labute approximate surface area is 225 Å². The van der Waals surface area contributed by atoms with Crippen molar-refractivity contribution in [3.05, 3.63) is 126 Å². The molecule has 196 valence electrons. The van der Waals surface area contributed by atoms with Crippen LogP contribution in [0, 0.1) is 5.82 Å². The predicted octanol–water partition coefficient (Wildman–Crippen LogP) is 5.20. The van der Waals surface area contributed by atoms with Gasteiger partial charge in [0.2, 0.25) is 5.91 Å². The fourth-order valence-corrected chi connectivity index (χ4v) is 4.96. The molecule has 39 heavy (non-hydrogen) atoms. The normalized spacial score (nSPS) is 17.0. The number of carbonyl (C=O) groups excluding carboxylic acids is 2. The molecule has 1 aliphatic heterocycles. The average Bonchev–Trinajstić information content (AvgIpc) is 2.94. The van der Waals surface area contributed by atoms with Crippen molar-refractivity contribution in [2.45, 2.75) is 24.5 Å². The van der Waals surface area contributed by atoms with Crippen molar-refractivity contribution in [1.82, 2.24) is 0 Å². The molecule has 0 spiro atoms. The third-order valence-corrected chi connectivity index (χ3v) is 6.82. The number of nitrogen functional groups attached to an aromatic ring is 1. The summed E-state index contributed by atoms with van der Waals surface area (Å²) < 4.78 is 20.3. The number of primary amides is 1. The van der Waals surface area contributed by atoms with E-state index in [1.54, 1.807) is 48.5 Å². The molecule has 0 saturated heterocycles. The lowest BCUT2D eigenvalue weighted by Crippen LogP contribution is -2.47. The monoisotopic (exact) mass is 522 g/mol. The van der Waals surface area contributed by atoms with Crippen LogP contribution in [0.3, 0.4) is 0 Å². The number of ether oxygens (including phenoxy) is 1. The van der Waals surface area contributed by atoms with Gasteiger partial charge in [-0.1, -0.05) is 72.8 Å². The van der Waals surface area contributed by atoms with Crippen LogP contribution < -0.4 is 16.8 Å². The molecule has 0 fully saturated rings. The van der Waals surface area contributed by atoms with E-state index in [1.807, 2.05) is 42.5 Å². The summed E-state index contributed by atoms with van der Waals surface area (Å²) in [6, 6.07) is 29.3. The van der Waals surface area contributed by atoms with Gasteiger partial charge in [-0.3, -0.25) is 9.59 Å². The number of carbonyl (C=O) groups is 2. The first-order valence-electron chi connectivity index (χ1n) is 12.4. The van der Waals surface area contributed by atoms with Crippen molar-refractivity contribution in [3.63, 3.8) is 0 Å². The molecule has 4 aromatic carbocycles. The van der Waals surface area contributed by atoms with Gasteiger partial charge in [0.15, 0.2) is 0 Å². The van der Waals surface area contributed by atoms with Crippen LogP contribution in [0.4, 0.5) is 21.5 Å². The molecule has 4 aromatic rings. The summed E-state index contributed by atoms with van der Waals surface area (Å²) in [6.07, 6.45) is -0.0577. The number of benzene rings is 4. The maximum Gasteiger partial charge on any atom is 0.263 e. The molecule has 5 rings (SSSR count). The van der Waals surface area contributed by atoms with Gasteiger partial charge < -0.3 is 21.5 Å². The topological polar surface area (TPSA) is 120 Å². The van der Waals surface area contributed by atoms with Gasteiger partial charge in [0.25, 0.3) is 5.91 Å². The fraction of sp³-hybridized carbons (Fsp3) is 0.129. The lowest BCUT2D eigenvalue weighted by Gasteiger charge is -2.43. The van der Waals surface area contributed by atoms with Gasteiger partial charge in [0.05, 0.1) is 29.6 Å². The van der Waals surface area contributed by atoms with Gasteiger partial charge in [-0.15, -0.1) is 0 Å². The van der Waals surface area contributed by atoms with Crippen molar-refractivity contribution in [3.8, 4) is 0 Å². The molecule has 0 aromatic heterocycles. The summed E-state index contributed by atoms with van der Waals surface area (Å²) in [5.74, 6) is -2.43. The number of para-hydroxylation sites is 3. The third kappa shape index (κ3) is 5.28. The Hall–Kier alpha value is -4.82. The van der Waals surface area contributed by atoms with E-state index in [0.29, 0.717) is 33.8 Å². The minimum atomic E-state index is -1.40. The van der Waals surface area contributed by atoms with E-state index in [-0.39, 0.29) is 24.6 Å². The molecule has 0 radical (unpaired) electrons. The maximum absolute atomic E-state index is 14.3. The van der Waals surface area contributed by atoms with Crippen LogP contribution in [0.1, 0.15) is 29.0 Å². The minimum absolute atomic E-state index is 0.0325. The number of fused-ring (bicyclic) bond motifs is 1. The first kappa shape index (κ1) is 25.8. The summed E-state index contributed by atoms with van der Waals surface area (Å²) in [7, 11) is 0. The van der Waals surface area contributed by atoms with Gasteiger partial charge in [0.1, 0.15) is 17.1 Å². The summed E-state index contributed by atoms with van der Waals surface area (Å²) in [5, 5.41) is 2.96. The second-order valence-corrected chi connectivity index (χ2v) is 9.34. The van der Waals surface area contributed by atoms with Crippen molar-refractivity contribution >= 4 is 34.6 Å². The minimum Gasteiger partial charge on any atom is -0.397 e. The van der Waals surface area contributed by atoms with Crippen LogP contribution in [0.5, 0.6) is 0 Å². The van der Waals surface area contributed by atoms with Crippen molar-refractivity contribution in [1.29, 1.82) is 0 Å². The van der Waals surface area contributed by atoms with Crippen molar-refractivity contribution in [2.24, 2.45) is 10.7 Å². The van der Waals surface area contributed by atoms with Crippen LogP contribution in [0.15, 0.2) is 108 Å². The fourth-order valence-electron chi connectivity index (χ4n) is 4.96. The molecule has 7 nitrogen and oxygen atoms in total. The smallest absolute Gasteiger partial charge is 0.263 e. The van der Waals surface area contributed by atoms with E-state index in [1.165, 1.54) is 12.1 Å². The summed E-state index contributed by atoms with van der Waals surface area (Å²) in [4.78, 5) is 31.3. The van der Waals surface area contributed by atoms with Gasteiger partial charge in [-0.05, 0) is 41.5 Å². The zero-order chi connectivity index (χ0) is 27.4. The van der Waals surface area contributed by atoms with Gasteiger partial charge in [-0.2, -0.15) is 0 Å². The molecule has 2 amide bonds. The largest absolute Gasteiger partial charge is 0.397 e. The van der Waals surface area contributed by atoms with E-state index in [4.69, 9.17) is 16.2 Å². The molecule has 5 N–H and O–H groups in total. The highest BCUT2D eigenvalue weighted by Gasteiger charge is 2.51. The van der Waals surface area contributed by atoms with E-state index in [2.05, 4.69) is 10.3 Å². The van der Waals surface area contributed by atoms with E-state index in [9.17, 15) is 14.0 Å². The maximum atomic E-state index is 14.3. The van der Waals surface area contributed by atoms with Crippen LogP contribution in [-0.4, -0.2) is 17.5 Å². The Kier molecular flexibility index (Phi) is 7.21. The van der Waals surface area contributed by atoms with Gasteiger partial charge in [-0.25, -0.2) is 9.38 Å². The highest BCUT2D eigenvalue weighted by atomic mass is 19.1. The van der Waals surface area contributed by atoms with Crippen LogP contribution in [-0.2, 0) is 26.5 Å². The number of halogens is 1. The van der Waals surface area contributed by atoms with Gasteiger partial charge >= 0.3 is 0 Å². The Morgan fingerprint density at radius 1 is 0.923 bits per heavy atom.